The Morgan fingerprint density at radius 1 is 1.33 bits per heavy atom. The van der Waals surface area contributed by atoms with Gasteiger partial charge >= 0.3 is 0 Å². The lowest BCUT2D eigenvalue weighted by molar-refractivity contribution is 0.411. The van der Waals surface area contributed by atoms with Crippen molar-refractivity contribution in [3.63, 3.8) is 0 Å². The third kappa shape index (κ3) is 2.97. The summed E-state index contributed by atoms with van der Waals surface area (Å²) in [5.41, 5.74) is 2.79. The molecule has 4 heteroatoms. The highest BCUT2D eigenvalue weighted by molar-refractivity contribution is 5.22. The lowest BCUT2D eigenvalue weighted by Crippen LogP contribution is -2.29. The first-order chi connectivity index (χ1) is 7.06. The van der Waals surface area contributed by atoms with Crippen molar-refractivity contribution in [2.45, 2.75) is 26.3 Å². The van der Waals surface area contributed by atoms with Crippen LogP contribution in [0.2, 0.25) is 0 Å². The average Bonchev–Trinajstić information content (AvgIpc) is 2.19. The molecule has 0 saturated carbocycles. The van der Waals surface area contributed by atoms with Gasteiger partial charge in [-0.1, -0.05) is 26.0 Å². The summed E-state index contributed by atoms with van der Waals surface area (Å²) in [6, 6.07) is 3.78. The summed E-state index contributed by atoms with van der Waals surface area (Å²) in [5, 5.41) is 0. The van der Waals surface area contributed by atoms with Gasteiger partial charge in [0.05, 0.1) is 0 Å². The molecule has 0 aliphatic rings. The van der Waals surface area contributed by atoms with Gasteiger partial charge in [-0.3, -0.25) is 11.3 Å². The first-order valence-electron chi connectivity index (χ1n) is 4.96. The van der Waals surface area contributed by atoms with E-state index in [0.29, 0.717) is 12.3 Å². The minimum absolute atomic E-state index is 0.284. The summed E-state index contributed by atoms with van der Waals surface area (Å²) in [4.78, 5) is 0. The lowest BCUT2D eigenvalue weighted by Gasteiger charge is -2.19. The van der Waals surface area contributed by atoms with Crippen molar-refractivity contribution in [2.75, 3.05) is 0 Å². The van der Waals surface area contributed by atoms with E-state index < -0.39 is 11.6 Å². The minimum atomic E-state index is -0.837. The van der Waals surface area contributed by atoms with Gasteiger partial charge in [-0.2, -0.15) is 0 Å². The van der Waals surface area contributed by atoms with Crippen LogP contribution in [0.15, 0.2) is 18.2 Å². The summed E-state index contributed by atoms with van der Waals surface area (Å²) < 4.78 is 26.4. The number of hydrogen-bond donors (Lipinski definition) is 2. The van der Waals surface area contributed by atoms with Gasteiger partial charge in [0, 0.05) is 11.6 Å². The van der Waals surface area contributed by atoms with Crippen molar-refractivity contribution in [3.8, 4) is 0 Å². The molecule has 0 aromatic heterocycles. The Bertz CT molecular complexity index is 326. The highest BCUT2D eigenvalue weighted by Gasteiger charge is 2.17. The smallest absolute Gasteiger partial charge is 0.163 e. The fourth-order valence-corrected chi connectivity index (χ4v) is 1.55. The Morgan fingerprint density at radius 2 is 2.00 bits per heavy atom. The Morgan fingerprint density at radius 3 is 2.53 bits per heavy atom. The molecule has 0 amide bonds. The van der Waals surface area contributed by atoms with Crippen LogP contribution in [-0.2, 0) is 0 Å². The van der Waals surface area contributed by atoms with Crippen LogP contribution in [0, 0.1) is 17.6 Å². The number of hydrazine groups is 1. The zero-order chi connectivity index (χ0) is 11.4. The maximum Gasteiger partial charge on any atom is 0.163 e. The lowest BCUT2D eigenvalue weighted by atomic mass is 9.97. The number of nitrogens with one attached hydrogen (secondary N) is 1. The number of benzene rings is 1. The van der Waals surface area contributed by atoms with Gasteiger partial charge in [0.25, 0.3) is 0 Å². The largest absolute Gasteiger partial charge is 0.271 e. The van der Waals surface area contributed by atoms with E-state index in [-0.39, 0.29) is 11.6 Å². The molecule has 84 valence electrons. The average molecular weight is 214 g/mol. The number of halogens is 2. The van der Waals surface area contributed by atoms with Crippen LogP contribution in [-0.4, -0.2) is 0 Å². The first-order valence-corrected chi connectivity index (χ1v) is 4.96. The molecule has 1 unspecified atom stereocenters. The molecule has 0 bridgehead atoms. The molecule has 1 atom stereocenters. The van der Waals surface area contributed by atoms with Crippen LogP contribution >= 0.6 is 0 Å². The molecule has 2 nitrogen and oxygen atoms in total. The van der Waals surface area contributed by atoms with E-state index in [1.165, 1.54) is 6.07 Å². The number of nitrogens with two attached hydrogens (primary N) is 1. The minimum Gasteiger partial charge on any atom is -0.271 e. The topological polar surface area (TPSA) is 38.0 Å². The van der Waals surface area contributed by atoms with E-state index in [0.717, 1.165) is 6.07 Å². The fraction of sp³-hybridized carbons (Fsp3) is 0.455. The molecule has 0 aliphatic carbocycles. The maximum atomic E-state index is 13.4. The highest BCUT2D eigenvalue weighted by Crippen LogP contribution is 2.24. The molecule has 0 saturated heterocycles. The summed E-state index contributed by atoms with van der Waals surface area (Å²) in [5.74, 6) is 4.03. The second-order valence-corrected chi connectivity index (χ2v) is 3.99. The second-order valence-electron chi connectivity index (χ2n) is 3.99. The molecule has 1 aromatic rings. The molecule has 0 heterocycles. The van der Waals surface area contributed by atoms with Crippen LogP contribution in [0.4, 0.5) is 8.78 Å². The van der Waals surface area contributed by atoms with Gasteiger partial charge in [-0.15, -0.1) is 0 Å². The van der Waals surface area contributed by atoms with Crippen LogP contribution in [0.3, 0.4) is 0 Å². The quantitative estimate of drug-likeness (QED) is 0.597. The van der Waals surface area contributed by atoms with Crippen LogP contribution in [0.25, 0.3) is 0 Å². The monoisotopic (exact) mass is 214 g/mol. The van der Waals surface area contributed by atoms with E-state index in [1.54, 1.807) is 6.07 Å². The van der Waals surface area contributed by atoms with Crippen molar-refractivity contribution in [1.82, 2.24) is 5.43 Å². The SMILES string of the molecule is CC(C)CC(NN)c1cccc(F)c1F. The predicted molar refractivity (Wildman–Crippen MR) is 55.9 cm³/mol. The van der Waals surface area contributed by atoms with E-state index in [4.69, 9.17) is 5.84 Å². The third-order valence-electron chi connectivity index (χ3n) is 2.27. The van der Waals surface area contributed by atoms with E-state index in [2.05, 4.69) is 5.43 Å². The second kappa shape index (κ2) is 5.19. The summed E-state index contributed by atoms with van der Waals surface area (Å²) in [6.45, 7) is 4.00. The zero-order valence-electron chi connectivity index (χ0n) is 8.93. The molecule has 1 aromatic carbocycles. The summed E-state index contributed by atoms with van der Waals surface area (Å²) >= 11 is 0. The Balaban J connectivity index is 2.96. The van der Waals surface area contributed by atoms with Crippen molar-refractivity contribution in [3.05, 3.63) is 35.4 Å². The van der Waals surface area contributed by atoms with Crippen LogP contribution in [0.1, 0.15) is 31.9 Å². The van der Waals surface area contributed by atoms with Gasteiger partial charge in [0.1, 0.15) is 0 Å². The molecule has 0 spiro atoms. The zero-order valence-corrected chi connectivity index (χ0v) is 8.93. The van der Waals surface area contributed by atoms with Crippen molar-refractivity contribution < 1.29 is 8.78 Å². The normalized spacial score (nSPS) is 13.2. The molecule has 15 heavy (non-hydrogen) atoms. The molecule has 0 aliphatic heterocycles. The molecule has 3 N–H and O–H groups in total. The van der Waals surface area contributed by atoms with Gasteiger partial charge in [0.2, 0.25) is 0 Å². The van der Waals surface area contributed by atoms with E-state index in [9.17, 15) is 8.78 Å². The highest BCUT2D eigenvalue weighted by atomic mass is 19.2. The fourth-order valence-electron chi connectivity index (χ4n) is 1.55. The number of hydrogen-bond acceptors (Lipinski definition) is 2. The van der Waals surface area contributed by atoms with Gasteiger partial charge < -0.3 is 0 Å². The Hall–Kier alpha value is -1.00. The van der Waals surface area contributed by atoms with E-state index in [1.807, 2.05) is 13.8 Å². The van der Waals surface area contributed by atoms with E-state index >= 15 is 0 Å². The molecular weight excluding hydrogens is 198 g/mol. The number of rotatable bonds is 4. The Labute approximate surface area is 88.4 Å². The molecule has 0 radical (unpaired) electrons. The standard InChI is InChI=1S/C11H16F2N2/c1-7(2)6-10(15-14)8-4-3-5-9(12)11(8)13/h3-5,7,10,15H,6,14H2,1-2H3. The summed E-state index contributed by atoms with van der Waals surface area (Å²) in [6.07, 6.45) is 0.664. The van der Waals surface area contributed by atoms with Crippen molar-refractivity contribution in [2.24, 2.45) is 11.8 Å². The molecular formula is C11H16F2N2. The van der Waals surface area contributed by atoms with Gasteiger partial charge in [-0.05, 0) is 18.4 Å². The molecule has 1 rings (SSSR count). The van der Waals surface area contributed by atoms with Crippen molar-refractivity contribution in [1.29, 1.82) is 0 Å². The van der Waals surface area contributed by atoms with Gasteiger partial charge in [-0.25, -0.2) is 8.78 Å². The van der Waals surface area contributed by atoms with Crippen molar-refractivity contribution >= 4 is 0 Å². The van der Waals surface area contributed by atoms with Crippen LogP contribution in [0.5, 0.6) is 0 Å². The predicted octanol–water partition coefficient (Wildman–Crippen LogP) is 2.52. The molecule has 0 fully saturated rings. The third-order valence-corrected chi connectivity index (χ3v) is 2.27. The van der Waals surface area contributed by atoms with Crippen LogP contribution < -0.4 is 11.3 Å². The first kappa shape index (κ1) is 12.1. The maximum absolute atomic E-state index is 13.4. The van der Waals surface area contributed by atoms with Gasteiger partial charge in [0.15, 0.2) is 11.6 Å². The summed E-state index contributed by atoms with van der Waals surface area (Å²) in [7, 11) is 0. The Kier molecular flexibility index (Phi) is 4.17.